The molecule has 0 spiro atoms. The van der Waals surface area contributed by atoms with Crippen LogP contribution in [0.5, 0.6) is 23.0 Å². The topological polar surface area (TPSA) is 302 Å². The van der Waals surface area contributed by atoms with Crippen LogP contribution in [0.4, 0.5) is 17.1 Å². The van der Waals surface area contributed by atoms with Gasteiger partial charge in [0.2, 0.25) is 0 Å². The minimum absolute atomic E-state index is 0. The Kier molecular flexibility index (Phi) is 40.0. The number of aliphatic hydroxyl groups excluding tert-OH is 2. The molecule has 7 aromatic carbocycles. The Hall–Kier alpha value is -9.70. The summed E-state index contributed by atoms with van der Waals surface area (Å²) in [6.07, 6.45) is 2.43. The largest absolute Gasteiger partial charge is 2.00 e. The molecule has 1 aliphatic heterocycles. The van der Waals surface area contributed by atoms with E-state index in [1.54, 1.807) is 44.2 Å². The number of aryl methyl sites for hydroxylation is 1. The van der Waals surface area contributed by atoms with E-state index in [-0.39, 0.29) is 107 Å². The van der Waals surface area contributed by atoms with Crippen LogP contribution in [-0.2, 0) is 59.8 Å². The van der Waals surface area contributed by atoms with Crippen molar-refractivity contribution in [1.29, 1.82) is 0 Å². The molecule has 1 aliphatic carbocycles. The molecule has 8 aromatic rings. The first-order valence-corrected chi connectivity index (χ1v) is 37.8. The van der Waals surface area contributed by atoms with Gasteiger partial charge in [0.15, 0.2) is 5.78 Å². The van der Waals surface area contributed by atoms with Crippen molar-refractivity contribution in [3.05, 3.63) is 228 Å². The van der Waals surface area contributed by atoms with Crippen LogP contribution in [0, 0.1) is 38.5 Å². The van der Waals surface area contributed by atoms with Crippen molar-refractivity contribution in [3.63, 3.8) is 0 Å². The fourth-order valence-corrected chi connectivity index (χ4v) is 10.4. The summed E-state index contributed by atoms with van der Waals surface area (Å²) in [5.41, 5.74) is 7.94. The van der Waals surface area contributed by atoms with Gasteiger partial charge in [-0.3, -0.25) is 19.2 Å². The van der Waals surface area contributed by atoms with Gasteiger partial charge in [-0.25, -0.2) is 18.2 Å². The minimum atomic E-state index is -3.92. The molecule has 2 aliphatic rings. The number of azo groups is 1. The maximum absolute atomic E-state index is 13.2. The average molecular weight is 1710 g/mol. The van der Waals surface area contributed by atoms with Gasteiger partial charge in [0.25, 0.3) is 0 Å². The second kappa shape index (κ2) is 45.6. The SMILES string of the molecule is C.C=c1ccc2c(c1)Oc1cc(N(CC)CC)ccc1C=2c1ccccc1.CCC(C)(C)C(=O)OCC(O)COC(=O)c1ccc2c(c1)C(O)=C(c1nc3ccc(C(C)C)cc3cc1O)C2=O.CCC(C)(C)C(=O)Oc1ccc(N=Nc2ccc(C)cc2)cc1.CCNCCCOC(=O)C(C)CC.CS(=O)(=O)[O-].[CH3-].[CH3-].[W+2]. The number of aromatic hydroxyl groups is 1. The molecule has 21 nitrogen and oxygen atoms in total. The molecule has 1 aromatic heterocycles. The Morgan fingerprint density at radius 1 is 0.694 bits per heavy atom. The van der Waals surface area contributed by atoms with Gasteiger partial charge in [0.1, 0.15) is 53.8 Å². The van der Waals surface area contributed by atoms with E-state index in [0.29, 0.717) is 41.6 Å². The van der Waals surface area contributed by atoms with Crippen molar-refractivity contribution >= 4 is 91.2 Å². The third kappa shape index (κ3) is 28.5. The van der Waals surface area contributed by atoms with Crippen LogP contribution in [0.25, 0.3) is 34.4 Å². The first kappa shape index (κ1) is 97.4. The normalized spacial score (nSPS) is 12.3. The second-order valence-electron chi connectivity index (χ2n) is 27.4. The predicted molar refractivity (Wildman–Crippen MR) is 439 cm³/mol. The van der Waals surface area contributed by atoms with Crippen molar-refractivity contribution in [2.75, 3.05) is 57.2 Å². The number of carbonyl (C=O) groups excluding carboxylic acids is 5. The minimum Gasteiger partial charge on any atom is -0.748 e. The molecule has 0 saturated carbocycles. The number of pyridine rings is 1. The number of hydrogen-bond acceptors (Lipinski definition) is 21. The third-order valence-electron chi connectivity index (χ3n) is 18.0. The molecule has 0 fully saturated rings. The number of nitrogens with zero attached hydrogens (tertiary/aromatic N) is 4. The molecule has 2 unspecified atom stereocenters. The molecule has 10 rings (SSSR count). The number of aromatic nitrogens is 1. The molecular weight excluding hydrogens is 1600 g/mol. The summed E-state index contributed by atoms with van der Waals surface area (Å²) in [4.78, 5) is 67.9. The van der Waals surface area contributed by atoms with Crippen molar-refractivity contribution in [2.24, 2.45) is 27.0 Å². The van der Waals surface area contributed by atoms with Crippen LogP contribution in [0.2, 0.25) is 0 Å². The van der Waals surface area contributed by atoms with Gasteiger partial charge in [-0.15, -0.1) is 0 Å². The maximum Gasteiger partial charge on any atom is 2.00 e. The zero-order chi connectivity index (χ0) is 78.9. The second-order valence-corrected chi connectivity index (χ2v) is 28.8. The summed E-state index contributed by atoms with van der Waals surface area (Å²) < 4.78 is 54.2. The summed E-state index contributed by atoms with van der Waals surface area (Å²) in [5.74, 6) is -0.152. The number of nitrogens with one attached hydrogen (secondary N) is 1. The van der Waals surface area contributed by atoms with Crippen LogP contribution in [0.3, 0.4) is 0 Å². The monoisotopic (exact) mass is 1710 g/mol. The van der Waals surface area contributed by atoms with Gasteiger partial charge in [0, 0.05) is 64.0 Å². The zero-order valence-corrected chi connectivity index (χ0v) is 70.2. The van der Waals surface area contributed by atoms with Crippen LogP contribution in [-0.4, -0.2) is 121 Å². The molecular formula is C88H112N5O16SW-. The molecule has 0 saturated heterocycles. The Labute approximate surface area is 671 Å². The molecule has 23 heteroatoms. The van der Waals surface area contributed by atoms with Crippen molar-refractivity contribution in [1.82, 2.24) is 10.3 Å². The summed E-state index contributed by atoms with van der Waals surface area (Å²) in [7, 11) is -3.92. The van der Waals surface area contributed by atoms with Crippen LogP contribution in [0.15, 0.2) is 168 Å². The Morgan fingerprint density at radius 3 is 1.86 bits per heavy atom. The molecule has 0 radical (unpaired) electrons. The van der Waals surface area contributed by atoms with Crippen molar-refractivity contribution < 1.29 is 97.0 Å². The molecule has 111 heavy (non-hydrogen) atoms. The van der Waals surface area contributed by atoms with Crippen LogP contribution >= 0.6 is 0 Å². The number of esters is 4. The fraction of sp³-hybridized carbons (Fsp3) is 0.364. The summed E-state index contributed by atoms with van der Waals surface area (Å²) >= 11 is 0. The summed E-state index contributed by atoms with van der Waals surface area (Å²) in [6, 6.07) is 49.3. The molecule has 0 bridgehead atoms. The quantitative estimate of drug-likeness (QED) is 0.00786. The smallest absolute Gasteiger partial charge is 0.748 e. The van der Waals surface area contributed by atoms with E-state index in [1.165, 1.54) is 46.7 Å². The number of aliphatic hydroxyl groups is 2. The van der Waals surface area contributed by atoms with Crippen molar-refractivity contribution in [2.45, 2.75) is 142 Å². The number of anilines is 1. The zero-order valence-electron chi connectivity index (χ0n) is 66.5. The number of carbonyl (C=O) groups is 5. The number of allylic oxidation sites excluding steroid dienone is 1. The van der Waals surface area contributed by atoms with E-state index in [0.717, 1.165) is 84.2 Å². The summed E-state index contributed by atoms with van der Waals surface area (Å²) in [5, 5.41) is 46.1. The van der Waals surface area contributed by atoms with E-state index in [4.69, 9.17) is 36.7 Å². The van der Waals surface area contributed by atoms with E-state index in [9.17, 15) is 39.3 Å². The van der Waals surface area contributed by atoms with E-state index < -0.39 is 57.1 Å². The van der Waals surface area contributed by atoms with Crippen molar-refractivity contribution in [3.8, 4) is 23.0 Å². The fourth-order valence-electron chi connectivity index (χ4n) is 10.4. The first-order valence-electron chi connectivity index (χ1n) is 36.0. The van der Waals surface area contributed by atoms with Gasteiger partial charge in [0.05, 0.1) is 61.5 Å². The molecule has 598 valence electrons. The molecule has 2 atom stereocenters. The number of ether oxygens (including phenoxy) is 5. The predicted octanol–water partition coefficient (Wildman–Crippen LogP) is 17.5. The Morgan fingerprint density at radius 2 is 1.28 bits per heavy atom. The van der Waals surface area contributed by atoms with Gasteiger partial charge in [-0.05, 0) is 200 Å². The molecule has 0 amide bonds. The average Bonchev–Trinajstić information content (AvgIpc) is 1.55. The number of ketones is 1. The molecule has 2 heterocycles. The number of benzene rings is 7. The van der Waals surface area contributed by atoms with E-state index in [1.807, 2.05) is 103 Å². The van der Waals surface area contributed by atoms with Gasteiger partial charge in [-0.1, -0.05) is 129 Å². The van der Waals surface area contributed by atoms with Crippen LogP contribution in [0.1, 0.15) is 183 Å². The van der Waals surface area contributed by atoms with E-state index in [2.05, 4.69) is 115 Å². The van der Waals surface area contributed by atoms with Gasteiger partial charge >= 0.3 is 44.9 Å². The van der Waals surface area contributed by atoms with Crippen LogP contribution < -0.4 is 30.1 Å². The third-order valence-corrected chi connectivity index (χ3v) is 18.0. The molecule has 4 N–H and O–H groups in total. The number of rotatable bonds is 25. The number of fused-ring (bicyclic) bond motifs is 4. The number of hydrogen-bond donors (Lipinski definition) is 4. The van der Waals surface area contributed by atoms with E-state index >= 15 is 0 Å². The first-order chi connectivity index (χ1) is 50.7. The summed E-state index contributed by atoms with van der Waals surface area (Å²) in [6.45, 7) is 35.2. The Bertz CT molecular complexity index is 4690. The maximum atomic E-state index is 13.2. The Balaban J connectivity index is 0.000000515. The van der Waals surface area contributed by atoms with Gasteiger partial charge in [-0.2, -0.15) is 10.2 Å². The number of Topliss-reactive ketones (excluding diaryl/α,β-unsaturated/α-hetero) is 1. The van der Waals surface area contributed by atoms with Gasteiger partial charge < -0.3 is 68.6 Å². The standard InChI is InChI=1S/C31H33NO8.C24H23NO.C19H22N2O2.C10H21NO2.CH4O3S.CH4.2CH3.W/c1-6-31(4,5)30(38)40-15-20(33)14-39-29(37)18-7-9-21-22(12-18)28(36)25(27(21)35)26-24(34)13-19-11-17(16(2)3)8-10-23(19)32-26;1-4-25(5-2)19-12-14-21-23(16-19)26-22-15-17(3)11-13-20(22)24(21)18-9-7-6-8-10-18;1-5-19(3,4)18(22)23-17-12-10-16(11-13-17)21-20-15-8-6-14(2)7-9-15;1-4-9(3)10(12)13-8-6-7-11-5-2;1-5(2,3)4;;;;/h7-13,16,20,33-34,36H,6,14-15H2,1-5H3;6-16H,3-5H2,1-2H3;6-13H,5H2,1-4H3;9,11H,4-8H2,1-3H3;1H3,(H,2,3,4);1H4;2*1H3;/q;;;;;;2*-1;+2/p-1.